The Hall–Kier alpha value is -3.51. The highest BCUT2D eigenvalue weighted by Gasteiger charge is 2.41. The van der Waals surface area contributed by atoms with E-state index < -0.39 is 43.4 Å². The lowest BCUT2D eigenvalue weighted by Crippen LogP contribution is -2.35. The Bertz CT molecular complexity index is 1370. The summed E-state index contributed by atoms with van der Waals surface area (Å²) in [5.74, 6) is -1.11. The summed E-state index contributed by atoms with van der Waals surface area (Å²) >= 11 is 0. The standard InChI is InChI=1S/C22H27N6O7P/c1-12-15(17(29)9-16(12)28-11-24-18-19(28)25-22(23)26-20(18)30)10-34-36(32,27-13(2)21(31)33-3)35-14-7-5-4-6-8-14/h4-8,11,13,15-17,29H,1,9-10H2,2-3H3,(H,27,32)(H3,23,25,26,30)/t13?,15-,16-,17-,36-/m0/s1. The molecule has 5 atom stereocenters. The quantitative estimate of drug-likeness (QED) is 0.183. The van der Waals surface area contributed by atoms with E-state index in [4.69, 9.17) is 19.5 Å². The summed E-state index contributed by atoms with van der Waals surface area (Å²) in [6, 6.07) is 6.85. The number of nitrogens with zero attached hydrogens (tertiary/aromatic N) is 3. The molecule has 0 radical (unpaired) electrons. The second-order valence-corrected chi connectivity index (χ2v) is 10.0. The van der Waals surface area contributed by atoms with E-state index in [9.17, 15) is 19.3 Å². The van der Waals surface area contributed by atoms with E-state index >= 15 is 0 Å². The second-order valence-electron chi connectivity index (χ2n) is 8.35. The first kappa shape index (κ1) is 25.6. The van der Waals surface area contributed by atoms with Crippen molar-refractivity contribution in [2.24, 2.45) is 5.92 Å². The Morgan fingerprint density at radius 2 is 2.14 bits per heavy atom. The number of esters is 1. The van der Waals surface area contributed by atoms with Gasteiger partial charge in [0.15, 0.2) is 11.2 Å². The Morgan fingerprint density at radius 3 is 2.83 bits per heavy atom. The number of nitrogens with one attached hydrogen (secondary N) is 2. The Balaban J connectivity index is 1.54. The van der Waals surface area contributed by atoms with Gasteiger partial charge in [0, 0.05) is 5.92 Å². The number of carbonyl (C=O) groups excluding carboxylic acids is 1. The fourth-order valence-electron chi connectivity index (χ4n) is 4.08. The van der Waals surface area contributed by atoms with Gasteiger partial charge in [-0.25, -0.2) is 9.55 Å². The second kappa shape index (κ2) is 10.2. The molecule has 4 rings (SSSR count). The number of para-hydroxylation sites is 1. The molecule has 13 nitrogen and oxygen atoms in total. The van der Waals surface area contributed by atoms with Crippen molar-refractivity contribution in [2.45, 2.75) is 31.5 Å². The maximum Gasteiger partial charge on any atom is 0.459 e. The third kappa shape index (κ3) is 5.19. The van der Waals surface area contributed by atoms with Crippen molar-refractivity contribution < 1.29 is 28.3 Å². The number of aliphatic hydroxyl groups is 1. The first-order chi connectivity index (χ1) is 17.1. The van der Waals surface area contributed by atoms with E-state index in [0.29, 0.717) is 5.57 Å². The molecular formula is C22H27N6O7P. The minimum absolute atomic E-state index is 0.0666. The van der Waals surface area contributed by atoms with Gasteiger partial charge in [0.05, 0.1) is 32.2 Å². The number of aromatic amines is 1. The first-order valence-electron chi connectivity index (χ1n) is 11.1. The molecule has 0 bridgehead atoms. The van der Waals surface area contributed by atoms with Crippen molar-refractivity contribution in [3.8, 4) is 5.75 Å². The van der Waals surface area contributed by atoms with Gasteiger partial charge in [-0.1, -0.05) is 24.8 Å². The summed E-state index contributed by atoms with van der Waals surface area (Å²) < 4.78 is 31.2. The number of hydrogen-bond donors (Lipinski definition) is 4. The zero-order valence-electron chi connectivity index (χ0n) is 19.7. The molecule has 0 spiro atoms. The minimum Gasteiger partial charge on any atom is -0.468 e. The number of aromatic nitrogens is 4. The van der Waals surface area contributed by atoms with Crippen LogP contribution in [0.4, 0.5) is 5.95 Å². The molecule has 1 aliphatic carbocycles. The number of nitrogens with two attached hydrogens (primary N) is 1. The van der Waals surface area contributed by atoms with Crippen molar-refractivity contribution in [3.05, 3.63) is 59.2 Å². The number of carbonyl (C=O) groups is 1. The van der Waals surface area contributed by atoms with Gasteiger partial charge in [-0.3, -0.25) is 19.1 Å². The van der Waals surface area contributed by atoms with Crippen LogP contribution >= 0.6 is 7.75 Å². The van der Waals surface area contributed by atoms with Gasteiger partial charge >= 0.3 is 13.7 Å². The Kier molecular flexibility index (Phi) is 7.27. The van der Waals surface area contributed by atoms with Crippen LogP contribution in [0, 0.1) is 5.92 Å². The molecule has 0 amide bonds. The summed E-state index contributed by atoms with van der Waals surface area (Å²) in [6.07, 6.45) is 0.742. The van der Waals surface area contributed by atoms with Crippen LogP contribution in [0.1, 0.15) is 19.4 Å². The van der Waals surface area contributed by atoms with Crippen LogP contribution in [-0.2, 0) is 18.6 Å². The monoisotopic (exact) mass is 518 g/mol. The molecular weight excluding hydrogens is 491 g/mol. The van der Waals surface area contributed by atoms with Crippen molar-refractivity contribution >= 4 is 30.8 Å². The molecule has 5 N–H and O–H groups in total. The number of ether oxygens (including phenoxy) is 1. The van der Waals surface area contributed by atoms with E-state index in [1.807, 2.05) is 0 Å². The van der Waals surface area contributed by atoms with Crippen molar-refractivity contribution in [1.82, 2.24) is 24.6 Å². The summed E-state index contributed by atoms with van der Waals surface area (Å²) in [6.45, 7) is 5.33. The van der Waals surface area contributed by atoms with Crippen LogP contribution in [0.2, 0.25) is 0 Å². The lowest BCUT2D eigenvalue weighted by Gasteiger charge is -2.25. The summed E-state index contributed by atoms with van der Waals surface area (Å²) in [7, 11) is -2.89. The number of benzene rings is 1. The van der Waals surface area contributed by atoms with Crippen molar-refractivity contribution in [3.63, 3.8) is 0 Å². The number of aliphatic hydroxyl groups excluding tert-OH is 1. The molecule has 1 unspecified atom stereocenters. The fourth-order valence-corrected chi connectivity index (χ4v) is 5.59. The highest BCUT2D eigenvalue weighted by molar-refractivity contribution is 7.52. The molecule has 1 fully saturated rings. The van der Waals surface area contributed by atoms with Crippen molar-refractivity contribution in [2.75, 3.05) is 19.5 Å². The Morgan fingerprint density at radius 1 is 1.42 bits per heavy atom. The van der Waals surface area contributed by atoms with Crippen LogP contribution in [0.5, 0.6) is 5.75 Å². The number of H-pyrrole nitrogens is 1. The molecule has 0 aliphatic heterocycles. The molecule has 1 aliphatic rings. The van der Waals surface area contributed by atoms with Crippen LogP contribution in [0.25, 0.3) is 11.2 Å². The zero-order chi connectivity index (χ0) is 26.0. The average molecular weight is 518 g/mol. The maximum atomic E-state index is 13.6. The molecule has 2 aromatic heterocycles. The lowest BCUT2D eigenvalue weighted by atomic mass is 10.0. The van der Waals surface area contributed by atoms with Gasteiger partial charge in [0.1, 0.15) is 11.8 Å². The van der Waals surface area contributed by atoms with E-state index in [2.05, 4.69) is 26.6 Å². The maximum absolute atomic E-state index is 13.6. The van der Waals surface area contributed by atoms with E-state index in [-0.39, 0.29) is 35.9 Å². The van der Waals surface area contributed by atoms with E-state index in [1.54, 1.807) is 34.9 Å². The topological polar surface area (TPSA) is 184 Å². The lowest BCUT2D eigenvalue weighted by molar-refractivity contribution is -0.142. The third-order valence-corrected chi connectivity index (χ3v) is 7.56. The molecule has 3 aromatic rings. The zero-order valence-corrected chi connectivity index (χ0v) is 20.6. The van der Waals surface area contributed by atoms with Gasteiger partial charge in [-0.05, 0) is 31.1 Å². The fraction of sp³-hybridized carbons (Fsp3) is 0.364. The molecule has 2 heterocycles. The summed E-state index contributed by atoms with van der Waals surface area (Å²) in [4.78, 5) is 34.7. The number of fused-ring (bicyclic) bond motifs is 1. The highest BCUT2D eigenvalue weighted by Crippen LogP contribution is 2.48. The minimum atomic E-state index is -4.10. The number of anilines is 1. The predicted molar refractivity (Wildman–Crippen MR) is 130 cm³/mol. The summed E-state index contributed by atoms with van der Waals surface area (Å²) in [5, 5.41) is 13.4. The van der Waals surface area contributed by atoms with Crippen LogP contribution in [0.15, 0.2) is 53.6 Å². The molecule has 1 saturated carbocycles. The number of hydrogen-bond acceptors (Lipinski definition) is 10. The number of methoxy groups -OCH3 is 1. The molecule has 1 aromatic carbocycles. The molecule has 192 valence electrons. The SMILES string of the molecule is C=C1[C@H](CO[P@@](=O)(NC(C)C(=O)OC)Oc2ccccc2)[C@@H](O)C[C@@H]1n1cnc2c(=O)[nH]c(N)nc21. The molecule has 0 saturated heterocycles. The van der Waals surface area contributed by atoms with Gasteiger partial charge in [-0.2, -0.15) is 10.1 Å². The first-order valence-corrected chi connectivity index (χ1v) is 12.6. The third-order valence-electron chi connectivity index (χ3n) is 5.92. The number of rotatable bonds is 9. The Labute approximate surface area is 205 Å². The van der Waals surface area contributed by atoms with Gasteiger partial charge in [0.25, 0.3) is 5.56 Å². The van der Waals surface area contributed by atoms with E-state index in [1.165, 1.54) is 20.4 Å². The highest BCUT2D eigenvalue weighted by atomic mass is 31.2. The van der Waals surface area contributed by atoms with Gasteiger partial charge in [0.2, 0.25) is 5.95 Å². The van der Waals surface area contributed by atoms with Crippen molar-refractivity contribution in [1.29, 1.82) is 0 Å². The number of imidazole rings is 1. The molecule has 14 heteroatoms. The van der Waals surface area contributed by atoms with Crippen LogP contribution in [0.3, 0.4) is 0 Å². The predicted octanol–water partition coefficient (Wildman–Crippen LogP) is 1.53. The smallest absolute Gasteiger partial charge is 0.459 e. The average Bonchev–Trinajstić information content (AvgIpc) is 3.37. The number of nitrogen functional groups attached to an aromatic ring is 1. The van der Waals surface area contributed by atoms with Crippen LogP contribution in [-0.4, -0.2) is 56.5 Å². The largest absolute Gasteiger partial charge is 0.468 e. The van der Waals surface area contributed by atoms with Gasteiger partial charge in [-0.15, -0.1) is 0 Å². The summed E-state index contributed by atoms with van der Waals surface area (Å²) in [5.41, 5.74) is 6.11. The normalized spacial score (nSPS) is 22.3. The van der Waals surface area contributed by atoms with Gasteiger partial charge < -0.3 is 24.7 Å². The van der Waals surface area contributed by atoms with E-state index in [0.717, 1.165) is 0 Å². The van der Waals surface area contributed by atoms with Crippen LogP contribution < -0.4 is 20.9 Å². The molecule has 36 heavy (non-hydrogen) atoms.